The molecule has 0 bridgehead atoms. The molecule has 0 spiro atoms. The van der Waals surface area contributed by atoms with E-state index in [0.29, 0.717) is 13.1 Å². The molecule has 1 saturated heterocycles. The summed E-state index contributed by atoms with van der Waals surface area (Å²) >= 11 is 1.52. The lowest BCUT2D eigenvalue weighted by Crippen LogP contribution is -2.52. The van der Waals surface area contributed by atoms with E-state index in [1.54, 1.807) is 4.90 Å². The van der Waals surface area contributed by atoms with E-state index in [1.807, 2.05) is 16.8 Å². The number of aliphatic carboxylic acids is 1. The van der Waals surface area contributed by atoms with Gasteiger partial charge >= 0.3 is 12.0 Å². The minimum absolute atomic E-state index is 0.103. The first-order valence-electron chi connectivity index (χ1n) is 4.95. The number of rotatable bonds is 3. The highest BCUT2D eigenvalue weighted by Gasteiger charge is 2.31. The molecular weight excluding hydrogens is 228 g/mol. The summed E-state index contributed by atoms with van der Waals surface area (Å²) in [6, 6.07) is 1.68. The molecule has 0 radical (unpaired) electrons. The van der Waals surface area contributed by atoms with Crippen LogP contribution in [0, 0.1) is 5.92 Å². The zero-order valence-corrected chi connectivity index (χ0v) is 9.37. The van der Waals surface area contributed by atoms with Crippen molar-refractivity contribution in [2.75, 3.05) is 18.4 Å². The van der Waals surface area contributed by atoms with E-state index in [2.05, 4.69) is 5.32 Å². The minimum atomic E-state index is -0.803. The molecular formula is C10H12N2O3S. The molecule has 1 aromatic rings. The Morgan fingerprint density at radius 2 is 2.31 bits per heavy atom. The van der Waals surface area contributed by atoms with Crippen LogP contribution in [0.2, 0.25) is 0 Å². The second-order valence-electron chi connectivity index (χ2n) is 3.81. The van der Waals surface area contributed by atoms with E-state index in [4.69, 9.17) is 5.11 Å². The molecule has 86 valence electrons. The van der Waals surface area contributed by atoms with Gasteiger partial charge in [0.1, 0.15) is 0 Å². The van der Waals surface area contributed by atoms with Gasteiger partial charge in [0.25, 0.3) is 0 Å². The van der Waals surface area contributed by atoms with Gasteiger partial charge in [0.05, 0.1) is 12.1 Å². The maximum atomic E-state index is 11.6. The molecule has 0 saturated carbocycles. The SMILES string of the molecule is O=C(O)CC1CN(C(=O)Nc2ccsc2)C1. The molecule has 5 nitrogen and oxygen atoms in total. The van der Waals surface area contributed by atoms with Crippen LogP contribution in [0.25, 0.3) is 0 Å². The standard InChI is InChI=1S/C10H12N2O3S/c13-9(14)3-7-4-12(5-7)10(15)11-8-1-2-16-6-8/h1-2,6-7H,3-5H2,(H,11,15)(H,13,14). The lowest BCUT2D eigenvalue weighted by molar-refractivity contribution is -0.139. The summed E-state index contributed by atoms with van der Waals surface area (Å²) in [6.45, 7) is 1.06. The van der Waals surface area contributed by atoms with Crippen LogP contribution in [-0.4, -0.2) is 35.1 Å². The van der Waals surface area contributed by atoms with Crippen molar-refractivity contribution in [3.05, 3.63) is 16.8 Å². The van der Waals surface area contributed by atoms with Gasteiger partial charge in [-0.05, 0) is 11.4 Å². The number of amides is 2. The van der Waals surface area contributed by atoms with Gasteiger partial charge in [-0.2, -0.15) is 11.3 Å². The summed E-state index contributed by atoms with van der Waals surface area (Å²) in [6.07, 6.45) is 0.141. The third-order valence-electron chi connectivity index (χ3n) is 2.48. The number of urea groups is 1. The third-order valence-corrected chi connectivity index (χ3v) is 3.16. The minimum Gasteiger partial charge on any atom is -0.481 e. The molecule has 16 heavy (non-hydrogen) atoms. The highest BCUT2D eigenvalue weighted by molar-refractivity contribution is 7.08. The number of carbonyl (C=O) groups excluding carboxylic acids is 1. The Balaban J connectivity index is 1.75. The Labute approximate surface area is 96.7 Å². The highest BCUT2D eigenvalue weighted by Crippen LogP contribution is 2.20. The van der Waals surface area contributed by atoms with E-state index >= 15 is 0 Å². The van der Waals surface area contributed by atoms with Gasteiger partial charge in [-0.3, -0.25) is 4.79 Å². The zero-order valence-electron chi connectivity index (χ0n) is 8.55. The molecule has 2 rings (SSSR count). The molecule has 1 aliphatic rings. The van der Waals surface area contributed by atoms with Gasteiger partial charge in [0, 0.05) is 24.4 Å². The largest absolute Gasteiger partial charge is 0.481 e. The van der Waals surface area contributed by atoms with Crippen LogP contribution in [0.4, 0.5) is 10.5 Å². The molecule has 0 aromatic carbocycles. The van der Waals surface area contributed by atoms with E-state index in [0.717, 1.165) is 5.69 Å². The summed E-state index contributed by atoms with van der Waals surface area (Å²) < 4.78 is 0. The Morgan fingerprint density at radius 1 is 1.56 bits per heavy atom. The molecule has 1 aromatic heterocycles. The zero-order chi connectivity index (χ0) is 11.5. The first-order valence-corrected chi connectivity index (χ1v) is 5.89. The lowest BCUT2D eigenvalue weighted by atomic mass is 9.97. The van der Waals surface area contributed by atoms with Crippen molar-refractivity contribution in [1.29, 1.82) is 0 Å². The van der Waals surface area contributed by atoms with Crippen LogP contribution in [0.15, 0.2) is 16.8 Å². The monoisotopic (exact) mass is 240 g/mol. The van der Waals surface area contributed by atoms with Crippen LogP contribution in [0.5, 0.6) is 0 Å². The number of nitrogens with zero attached hydrogens (tertiary/aromatic N) is 1. The van der Waals surface area contributed by atoms with Crippen molar-refractivity contribution < 1.29 is 14.7 Å². The van der Waals surface area contributed by atoms with E-state index in [9.17, 15) is 9.59 Å². The van der Waals surface area contributed by atoms with Crippen molar-refractivity contribution in [2.45, 2.75) is 6.42 Å². The predicted octanol–water partition coefficient (Wildman–Crippen LogP) is 1.69. The summed E-state index contributed by atoms with van der Waals surface area (Å²) in [7, 11) is 0. The molecule has 2 amide bonds. The first kappa shape index (κ1) is 10.9. The molecule has 6 heteroatoms. The van der Waals surface area contributed by atoms with Crippen LogP contribution < -0.4 is 5.32 Å². The average molecular weight is 240 g/mol. The number of nitrogens with one attached hydrogen (secondary N) is 1. The maximum Gasteiger partial charge on any atom is 0.321 e. The van der Waals surface area contributed by atoms with Gasteiger partial charge < -0.3 is 15.3 Å². The fraction of sp³-hybridized carbons (Fsp3) is 0.400. The molecule has 1 aliphatic heterocycles. The van der Waals surface area contributed by atoms with Crippen molar-refractivity contribution in [2.24, 2.45) is 5.92 Å². The van der Waals surface area contributed by atoms with Crippen LogP contribution in [0.3, 0.4) is 0 Å². The van der Waals surface area contributed by atoms with Crippen molar-refractivity contribution in [3.8, 4) is 0 Å². The number of anilines is 1. The molecule has 0 atom stereocenters. The fourth-order valence-electron chi connectivity index (χ4n) is 1.65. The van der Waals surface area contributed by atoms with Gasteiger partial charge in [0.15, 0.2) is 0 Å². The third kappa shape index (κ3) is 2.52. The predicted molar refractivity (Wildman–Crippen MR) is 60.7 cm³/mol. The van der Waals surface area contributed by atoms with E-state index < -0.39 is 5.97 Å². The maximum absolute atomic E-state index is 11.6. The molecule has 1 fully saturated rings. The van der Waals surface area contributed by atoms with Crippen molar-refractivity contribution in [3.63, 3.8) is 0 Å². The summed E-state index contributed by atoms with van der Waals surface area (Å²) in [4.78, 5) is 23.6. The Morgan fingerprint density at radius 3 is 2.88 bits per heavy atom. The summed E-state index contributed by atoms with van der Waals surface area (Å²) in [5, 5.41) is 15.1. The van der Waals surface area contributed by atoms with E-state index in [1.165, 1.54) is 11.3 Å². The Hall–Kier alpha value is -1.56. The van der Waals surface area contributed by atoms with Crippen LogP contribution >= 0.6 is 11.3 Å². The lowest BCUT2D eigenvalue weighted by Gasteiger charge is -2.38. The normalized spacial score (nSPS) is 15.6. The highest BCUT2D eigenvalue weighted by atomic mass is 32.1. The number of hydrogen-bond donors (Lipinski definition) is 2. The Kier molecular flexibility index (Phi) is 3.09. The number of hydrogen-bond acceptors (Lipinski definition) is 3. The van der Waals surface area contributed by atoms with Gasteiger partial charge in [-0.15, -0.1) is 0 Å². The molecule has 0 unspecified atom stereocenters. The van der Waals surface area contributed by atoms with Crippen LogP contribution in [-0.2, 0) is 4.79 Å². The number of likely N-dealkylation sites (tertiary alicyclic amines) is 1. The first-order chi connectivity index (χ1) is 7.65. The fourth-order valence-corrected chi connectivity index (χ4v) is 2.24. The van der Waals surface area contributed by atoms with Crippen molar-refractivity contribution >= 4 is 29.0 Å². The second-order valence-corrected chi connectivity index (χ2v) is 4.59. The smallest absolute Gasteiger partial charge is 0.321 e. The molecule has 2 N–H and O–H groups in total. The summed E-state index contributed by atoms with van der Waals surface area (Å²) in [5.74, 6) is -0.700. The van der Waals surface area contributed by atoms with E-state index in [-0.39, 0.29) is 18.4 Å². The van der Waals surface area contributed by atoms with Gasteiger partial charge in [-0.25, -0.2) is 4.79 Å². The van der Waals surface area contributed by atoms with Crippen LogP contribution in [0.1, 0.15) is 6.42 Å². The molecule has 2 heterocycles. The van der Waals surface area contributed by atoms with Gasteiger partial charge in [0.2, 0.25) is 0 Å². The van der Waals surface area contributed by atoms with Gasteiger partial charge in [-0.1, -0.05) is 0 Å². The summed E-state index contributed by atoms with van der Waals surface area (Å²) in [5.41, 5.74) is 0.789. The number of carboxylic acid groups (broad SMARTS) is 1. The number of thiophene rings is 1. The number of carboxylic acids is 1. The topological polar surface area (TPSA) is 69.6 Å². The quantitative estimate of drug-likeness (QED) is 0.844. The molecule has 0 aliphatic carbocycles. The van der Waals surface area contributed by atoms with Crippen molar-refractivity contribution in [1.82, 2.24) is 4.90 Å². The average Bonchev–Trinajstić information content (AvgIpc) is 2.62. The second kappa shape index (κ2) is 4.52. The number of carbonyl (C=O) groups is 2. The Bertz CT molecular complexity index is 385.